The highest BCUT2D eigenvalue weighted by atomic mass is 16.3. The standard InChI is InChI=1S/C21H27N3O3/c25-20(22-15-21(26)9-4-1-5-10-21)18-14-27-19(23-18)13-24-11-8-16-6-2-3-7-17(16)12-24/h2-3,6-7,14,26H,1,4-5,8-13,15H2,(H,22,25). The van der Waals surface area contributed by atoms with Crippen molar-refractivity contribution < 1.29 is 14.3 Å². The Bertz CT molecular complexity index is 795. The van der Waals surface area contributed by atoms with Gasteiger partial charge in [0.25, 0.3) is 5.91 Å². The second kappa shape index (κ2) is 7.82. The van der Waals surface area contributed by atoms with Gasteiger partial charge >= 0.3 is 0 Å². The zero-order chi connectivity index (χ0) is 18.7. The molecule has 0 saturated heterocycles. The lowest BCUT2D eigenvalue weighted by Gasteiger charge is -2.31. The number of nitrogens with one attached hydrogen (secondary N) is 1. The Morgan fingerprint density at radius 2 is 2.00 bits per heavy atom. The fraction of sp³-hybridized carbons (Fsp3) is 0.524. The van der Waals surface area contributed by atoms with Gasteiger partial charge in [-0.05, 0) is 30.4 Å². The SMILES string of the molecule is O=C(NCC1(O)CCCCC1)c1coc(CN2CCc3ccccc3C2)n1. The summed E-state index contributed by atoms with van der Waals surface area (Å²) < 4.78 is 5.52. The Kier molecular flexibility index (Phi) is 5.27. The number of nitrogens with zero attached hydrogens (tertiary/aromatic N) is 2. The topological polar surface area (TPSA) is 78.6 Å². The number of fused-ring (bicyclic) bond motifs is 1. The van der Waals surface area contributed by atoms with Crippen molar-refractivity contribution in [2.24, 2.45) is 0 Å². The summed E-state index contributed by atoms with van der Waals surface area (Å²) in [4.78, 5) is 19.0. The number of benzene rings is 1. The number of aromatic nitrogens is 1. The van der Waals surface area contributed by atoms with Crippen LogP contribution in [0, 0.1) is 0 Å². The van der Waals surface area contributed by atoms with Gasteiger partial charge in [0.15, 0.2) is 5.69 Å². The highest BCUT2D eigenvalue weighted by Crippen LogP contribution is 2.27. The molecule has 1 aromatic carbocycles. The van der Waals surface area contributed by atoms with Crippen molar-refractivity contribution in [2.75, 3.05) is 13.1 Å². The molecule has 2 N–H and O–H groups in total. The van der Waals surface area contributed by atoms with Crippen LogP contribution in [0.2, 0.25) is 0 Å². The second-order valence-corrected chi connectivity index (χ2v) is 7.82. The van der Waals surface area contributed by atoms with Gasteiger partial charge < -0.3 is 14.8 Å². The molecule has 2 aliphatic rings. The quantitative estimate of drug-likeness (QED) is 0.847. The highest BCUT2D eigenvalue weighted by Gasteiger charge is 2.30. The Balaban J connectivity index is 1.31. The van der Waals surface area contributed by atoms with Gasteiger partial charge in [-0.25, -0.2) is 4.98 Å². The van der Waals surface area contributed by atoms with Gasteiger partial charge in [-0.1, -0.05) is 43.5 Å². The lowest BCUT2D eigenvalue weighted by molar-refractivity contribution is 0.00521. The summed E-state index contributed by atoms with van der Waals surface area (Å²) in [5, 5.41) is 13.3. The zero-order valence-electron chi connectivity index (χ0n) is 15.6. The largest absolute Gasteiger partial charge is 0.447 e. The molecule has 0 radical (unpaired) electrons. The molecule has 6 nitrogen and oxygen atoms in total. The van der Waals surface area contributed by atoms with Crippen LogP contribution in [0.1, 0.15) is 59.6 Å². The lowest BCUT2D eigenvalue weighted by Crippen LogP contribution is -2.44. The van der Waals surface area contributed by atoms with Gasteiger partial charge in [0, 0.05) is 19.6 Å². The summed E-state index contributed by atoms with van der Waals surface area (Å²) in [5.74, 6) is 0.267. The maximum absolute atomic E-state index is 12.3. The molecule has 1 aliphatic carbocycles. The van der Waals surface area contributed by atoms with Crippen LogP contribution >= 0.6 is 0 Å². The average molecular weight is 369 g/mol. The van der Waals surface area contributed by atoms with Crippen LogP contribution in [0.3, 0.4) is 0 Å². The van der Waals surface area contributed by atoms with Crippen LogP contribution in [-0.4, -0.2) is 39.6 Å². The number of oxazole rings is 1. The van der Waals surface area contributed by atoms with Crippen molar-refractivity contribution in [1.29, 1.82) is 0 Å². The Morgan fingerprint density at radius 1 is 1.22 bits per heavy atom. The number of hydrogen-bond acceptors (Lipinski definition) is 5. The number of aliphatic hydroxyl groups is 1. The first-order valence-electron chi connectivity index (χ1n) is 9.85. The molecule has 6 heteroatoms. The van der Waals surface area contributed by atoms with Crippen molar-refractivity contribution >= 4 is 5.91 Å². The van der Waals surface area contributed by atoms with Crippen LogP contribution in [-0.2, 0) is 19.5 Å². The fourth-order valence-electron chi connectivity index (χ4n) is 4.09. The Hall–Kier alpha value is -2.18. The summed E-state index contributed by atoms with van der Waals surface area (Å²) in [6, 6.07) is 8.49. The number of hydrogen-bond donors (Lipinski definition) is 2. The van der Waals surface area contributed by atoms with Crippen molar-refractivity contribution in [3.05, 3.63) is 53.2 Å². The van der Waals surface area contributed by atoms with E-state index in [9.17, 15) is 9.90 Å². The van der Waals surface area contributed by atoms with E-state index in [1.54, 1.807) is 0 Å². The molecule has 2 aromatic rings. The summed E-state index contributed by atoms with van der Waals surface area (Å²) in [7, 11) is 0. The van der Waals surface area contributed by atoms with Gasteiger partial charge in [0.1, 0.15) is 6.26 Å². The second-order valence-electron chi connectivity index (χ2n) is 7.82. The maximum Gasteiger partial charge on any atom is 0.273 e. The lowest BCUT2D eigenvalue weighted by atomic mass is 9.85. The summed E-state index contributed by atoms with van der Waals surface area (Å²) >= 11 is 0. The predicted molar refractivity (Wildman–Crippen MR) is 101 cm³/mol. The van der Waals surface area contributed by atoms with Gasteiger partial charge in [-0.15, -0.1) is 0 Å². The summed E-state index contributed by atoms with van der Waals surface area (Å²) in [6.07, 6.45) is 7.10. The molecular formula is C21H27N3O3. The van der Waals surface area contributed by atoms with Crippen molar-refractivity contribution in [2.45, 2.75) is 57.2 Å². The third-order valence-corrected chi connectivity index (χ3v) is 5.72. The van der Waals surface area contributed by atoms with Crippen LogP contribution in [0.5, 0.6) is 0 Å². The molecule has 1 aromatic heterocycles. The average Bonchev–Trinajstić information content (AvgIpc) is 3.15. The molecule has 1 fully saturated rings. The van der Waals surface area contributed by atoms with Crippen LogP contribution in [0.25, 0.3) is 0 Å². The third kappa shape index (κ3) is 4.39. The fourth-order valence-corrected chi connectivity index (χ4v) is 4.09. The smallest absolute Gasteiger partial charge is 0.273 e. The van der Waals surface area contributed by atoms with Crippen LogP contribution in [0.4, 0.5) is 0 Å². The molecular weight excluding hydrogens is 342 g/mol. The zero-order valence-corrected chi connectivity index (χ0v) is 15.6. The van der Waals surface area contributed by atoms with Crippen LogP contribution < -0.4 is 5.32 Å². The first-order chi connectivity index (χ1) is 13.1. The van der Waals surface area contributed by atoms with Gasteiger partial charge in [0.2, 0.25) is 5.89 Å². The van der Waals surface area contributed by atoms with E-state index < -0.39 is 5.60 Å². The number of amides is 1. The third-order valence-electron chi connectivity index (χ3n) is 5.72. The van der Waals surface area contributed by atoms with E-state index in [0.29, 0.717) is 12.4 Å². The Labute approximate surface area is 159 Å². The van der Waals surface area contributed by atoms with E-state index in [-0.39, 0.29) is 18.1 Å². The minimum atomic E-state index is -0.776. The summed E-state index contributed by atoms with van der Waals surface area (Å²) in [6.45, 7) is 2.68. The molecule has 0 atom stereocenters. The van der Waals surface area contributed by atoms with E-state index in [0.717, 1.165) is 51.6 Å². The van der Waals surface area contributed by atoms with Gasteiger partial charge in [0.05, 0.1) is 12.1 Å². The number of rotatable bonds is 5. The van der Waals surface area contributed by atoms with Gasteiger partial charge in [-0.2, -0.15) is 0 Å². The van der Waals surface area contributed by atoms with E-state index in [4.69, 9.17) is 4.42 Å². The van der Waals surface area contributed by atoms with E-state index >= 15 is 0 Å². The molecule has 0 bridgehead atoms. The molecule has 0 spiro atoms. The predicted octanol–water partition coefficient (Wildman–Crippen LogP) is 2.66. The minimum absolute atomic E-state index is 0.275. The highest BCUT2D eigenvalue weighted by molar-refractivity contribution is 5.91. The van der Waals surface area contributed by atoms with Crippen molar-refractivity contribution in [3.63, 3.8) is 0 Å². The first kappa shape index (κ1) is 18.2. The molecule has 1 aliphatic heterocycles. The molecule has 4 rings (SSSR count). The molecule has 144 valence electrons. The summed E-state index contributed by atoms with van der Waals surface area (Å²) in [5.41, 5.74) is 2.25. The molecule has 1 amide bonds. The maximum atomic E-state index is 12.3. The monoisotopic (exact) mass is 369 g/mol. The number of carbonyl (C=O) groups excluding carboxylic acids is 1. The number of carbonyl (C=O) groups is 1. The van der Waals surface area contributed by atoms with E-state index in [1.165, 1.54) is 17.4 Å². The first-order valence-corrected chi connectivity index (χ1v) is 9.85. The normalized spacial score (nSPS) is 19.4. The molecule has 1 saturated carbocycles. The molecule has 2 heterocycles. The van der Waals surface area contributed by atoms with Crippen molar-refractivity contribution in [1.82, 2.24) is 15.2 Å². The van der Waals surface area contributed by atoms with Crippen molar-refractivity contribution in [3.8, 4) is 0 Å². The molecule has 27 heavy (non-hydrogen) atoms. The minimum Gasteiger partial charge on any atom is -0.447 e. The Morgan fingerprint density at radius 3 is 2.81 bits per heavy atom. The molecule has 0 unspecified atom stereocenters. The van der Waals surface area contributed by atoms with E-state index in [2.05, 4.69) is 39.5 Å². The van der Waals surface area contributed by atoms with Crippen LogP contribution in [0.15, 0.2) is 34.9 Å². The van der Waals surface area contributed by atoms with Gasteiger partial charge in [-0.3, -0.25) is 9.69 Å². The van der Waals surface area contributed by atoms with E-state index in [1.807, 2.05) is 0 Å².